The molecule has 4 rings (SSSR count). The van der Waals surface area contributed by atoms with Crippen LogP contribution in [0.3, 0.4) is 0 Å². The molecule has 3 N–H and O–H groups in total. The predicted octanol–water partition coefficient (Wildman–Crippen LogP) is 1.91. The SMILES string of the molecule is CC1(C)[C@H]2CCC(C3(N)CC(O)C3)[C@@H]1C2. The highest BCUT2D eigenvalue weighted by Crippen LogP contribution is 2.64. The summed E-state index contributed by atoms with van der Waals surface area (Å²) in [5, 5.41) is 9.46. The predicted molar refractivity (Wildman–Crippen MR) is 60.3 cm³/mol. The number of aliphatic hydroxyl groups excluding tert-OH is 1. The highest BCUT2D eigenvalue weighted by atomic mass is 16.3. The second kappa shape index (κ2) is 2.78. The average molecular weight is 209 g/mol. The van der Waals surface area contributed by atoms with E-state index in [9.17, 15) is 5.11 Å². The van der Waals surface area contributed by atoms with Gasteiger partial charge in [0.15, 0.2) is 0 Å². The third kappa shape index (κ3) is 1.18. The lowest BCUT2D eigenvalue weighted by molar-refractivity contribution is -0.152. The standard InChI is InChI=1S/C13H23NO/c1-12(2)8-3-4-10(11(12)5-8)13(14)6-9(15)7-13/h8-11,15H,3-7,14H2,1-2H3/t8-,9?,10?,11-,13?/m0/s1. The van der Waals surface area contributed by atoms with Crippen LogP contribution in [-0.2, 0) is 0 Å². The molecule has 0 aromatic heterocycles. The van der Waals surface area contributed by atoms with Crippen molar-refractivity contribution in [1.29, 1.82) is 0 Å². The van der Waals surface area contributed by atoms with E-state index in [1.807, 2.05) is 0 Å². The van der Waals surface area contributed by atoms with Crippen molar-refractivity contribution in [1.82, 2.24) is 0 Å². The zero-order valence-electron chi connectivity index (χ0n) is 9.87. The third-order valence-corrected chi connectivity index (χ3v) is 5.83. The Balaban J connectivity index is 1.77. The lowest BCUT2D eigenvalue weighted by Gasteiger charge is -2.65. The van der Waals surface area contributed by atoms with E-state index in [-0.39, 0.29) is 11.6 Å². The van der Waals surface area contributed by atoms with Gasteiger partial charge in [-0.05, 0) is 55.3 Å². The van der Waals surface area contributed by atoms with Crippen LogP contribution >= 0.6 is 0 Å². The van der Waals surface area contributed by atoms with Gasteiger partial charge in [0.2, 0.25) is 0 Å². The molecule has 0 spiro atoms. The Morgan fingerprint density at radius 2 is 1.80 bits per heavy atom. The smallest absolute Gasteiger partial charge is 0.0575 e. The van der Waals surface area contributed by atoms with Crippen LogP contribution in [0.25, 0.3) is 0 Å². The van der Waals surface area contributed by atoms with Gasteiger partial charge < -0.3 is 10.8 Å². The molecular formula is C13H23NO. The quantitative estimate of drug-likeness (QED) is 0.693. The monoisotopic (exact) mass is 209 g/mol. The summed E-state index contributed by atoms with van der Waals surface area (Å²) in [4.78, 5) is 0. The molecule has 4 fully saturated rings. The molecule has 2 heteroatoms. The summed E-state index contributed by atoms with van der Waals surface area (Å²) < 4.78 is 0. The Kier molecular flexibility index (Phi) is 1.87. The van der Waals surface area contributed by atoms with E-state index < -0.39 is 0 Å². The van der Waals surface area contributed by atoms with Crippen LogP contribution in [-0.4, -0.2) is 16.7 Å². The Morgan fingerprint density at radius 1 is 1.13 bits per heavy atom. The van der Waals surface area contributed by atoms with Gasteiger partial charge in [-0.1, -0.05) is 13.8 Å². The van der Waals surface area contributed by atoms with E-state index in [2.05, 4.69) is 13.8 Å². The lowest BCUT2D eigenvalue weighted by atomic mass is 9.41. The van der Waals surface area contributed by atoms with Crippen molar-refractivity contribution in [2.75, 3.05) is 0 Å². The zero-order chi connectivity index (χ0) is 10.8. The molecule has 4 aliphatic rings. The number of hydrogen-bond donors (Lipinski definition) is 2. The first-order valence-electron chi connectivity index (χ1n) is 6.40. The van der Waals surface area contributed by atoms with Crippen molar-refractivity contribution in [2.45, 2.75) is 57.6 Å². The molecule has 15 heavy (non-hydrogen) atoms. The summed E-state index contributed by atoms with van der Waals surface area (Å²) in [7, 11) is 0. The van der Waals surface area contributed by atoms with Crippen molar-refractivity contribution < 1.29 is 5.11 Å². The molecule has 2 nitrogen and oxygen atoms in total. The molecule has 1 unspecified atom stereocenters. The molecule has 86 valence electrons. The summed E-state index contributed by atoms with van der Waals surface area (Å²) in [6, 6.07) is 0. The molecule has 0 amide bonds. The molecule has 0 heterocycles. The van der Waals surface area contributed by atoms with Crippen LogP contribution < -0.4 is 5.73 Å². The molecule has 0 aliphatic heterocycles. The van der Waals surface area contributed by atoms with Gasteiger partial charge in [0.25, 0.3) is 0 Å². The third-order valence-electron chi connectivity index (χ3n) is 5.83. The molecule has 0 radical (unpaired) electrons. The summed E-state index contributed by atoms with van der Waals surface area (Å²) in [6.45, 7) is 4.83. The minimum absolute atomic E-state index is 0.0211. The van der Waals surface area contributed by atoms with E-state index in [0.29, 0.717) is 11.3 Å². The maximum absolute atomic E-state index is 9.46. The van der Waals surface area contributed by atoms with Gasteiger partial charge in [-0.2, -0.15) is 0 Å². The second-order valence-electron chi connectivity index (χ2n) is 6.84. The van der Waals surface area contributed by atoms with E-state index >= 15 is 0 Å². The number of fused-ring (bicyclic) bond motifs is 2. The zero-order valence-corrected chi connectivity index (χ0v) is 9.87. The van der Waals surface area contributed by atoms with Gasteiger partial charge >= 0.3 is 0 Å². The summed E-state index contributed by atoms with van der Waals surface area (Å²) in [6.07, 6.45) is 5.64. The van der Waals surface area contributed by atoms with Gasteiger partial charge in [-0.3, -0.25) is 0 Å². The van der Waals surface area contributed by atoms with Crippen molar-refractivity contribution in [3.05, 3.63) is 0 Å². The van der Waals surface area contributed by atoms with Gasteiger partial charge in [0.1, 0.15) is 0 Å². The summed E-state index contributed by atoms with van der Waals surface area (Å²) >= 11 is 0. The molecule has 3 atom stereocenters. The van der Waals surface area contributed by atoms with Gasteiger partial charge in [0.05, 0.1) is 6.10 Å². The topological polar surface area (TPSA) is 46.2 Å². The number of nitrogens with two attached hydrogens (primary N) is 1. The number of hydrogen-bond acceptors (Lipinski definition) is 2. The van der Waals surface area contributed by atoms with Crippen LogP contribution in [0.2, 0.25) is 0 Å². The van der Waals surface area contributed by atoms with Gasteiger partial charge in [-0.25, -0.2) is 0 Å². The Morgan fingerprint density at radius 3 is 2.27 bits per heavy atom. The highest BCUT2D eigenvalue weighted by Gasteiger charge is 2.60. The fourth-order valence-corrected chi connectivity index (χ4v) is 4.62. The number of aliphatic hydroxyl groups is 1. The first-order chi connectivity index (χ1) is 6.93. The van der Waals surface area contributed by atoms with Crippen LogP contribution in [0.5, 0.6) is 0 Å². The summed E-state index contributed by atoms with van der Waals surface area (Å²) in [5.74, 6) is 2.46. The van der Waals surface area contributed by atoms with Crippen molar-refractivity contribution in [3.8, 4) is 0 Å². The molecule has 0 saturated heterocycles. The van der Waals surface area contributed by atoms with Crippen LogP contribution in [0.15, 0.2) is 0 Å². The lowest BCUT2D eigenvalue weighted by Crippen LogP contribution is -2.67. The highest BCUT2D eigenvalue weighted by molar-refractivity contribution is 5.13. The van der Waals surface area contributed by atoms with Crippen molar-refractivity contribution >= 4 is 0 Å². The molecular weight excluding hydrogens is 186 g/mol. The van der Waals surface area contributed by atoms with Crippen molar-refractivity contribution in [2.24, 2.45) is 28.9 Å². The largest absolute Gasteiger partial charge is 0.393 e. The maximum atomic E-state index is 9.46. The second-order valence-corrected chi connectivity index (χ2v) is 6.84. The van der Waals surface area contributed by atoms with Gasteiger partial charge in [-0.15, -0.1) is 0 Å². The van der Waals surface area contributed by atoms with Gasteiger partial charge in [0, 0.05) is 5.54 Å². The van der Waals surface area contributed by atoms with E-state index in [1.165, 1.54) is 19.3 Å². The minimum atomic E-state index is -0.115. The summed E-state index contributed by atoms with van der Waals surface area (Å²) in [5.41, 5.74) is 6.95. The first-order valence-corrected chi connectivity index (χ1v) is 6.40. The Hall–Kier alpha value is -0.0800. The molecule has 0 aromatic carbocycles. The average Bonchev–Trinajstić information content (AvgIpc) is 2.15. The van der Waals surface area contributed by atoms with Crippen molar-refractivity contribution in [3.63, 3.8) is 0 Å². The molecule has 0 aromatic rings. The molecule has 4 saturated carbocycles. The normalized spacial score (nSPS) is 56.8. The molecule has 4 aliphatic carbocycles. The Labute approximate surface area is 92.2 Å². The maximum Gasteiger partial charge on any atom is 0.0575 e. The minimum Gasteiger partial charge on any atom is -0.393 e. The van der Waals surface area contributed by atoms with E-state index in [0.717, 1.165) is 24.7 Å². The van der Waals surface area contributed by atoms with Crippen LogP contribution in [0.4, 0.5) is 0 Å². The fraction of sp³-hybridized carbons (Fsp3) is 1.00. The van der Waals surface area contributed by atoms with E-state index in [4.69, 9.17) is 5.73 Å². The van der Waals surface area contributed by atoms with Crippen LogP contribution in [0, 0.1) is 23.2 Å². The van der Waals surface area contributed by atoms with Crippen LogP contribution in [0.1, 0.15) is 46.0 Å². The first kappa shape index (κ1) is 10.1. The van der Waals surface area contributed by atoms with E-state index in [1.54, 1.807) is 0 Å². The molecule has 2 bridgehead atoms. The number of rotatable bonds is 1. The Bertz CT molecular complexity index is 278. The fourth-order valence-electron chi connectivity index (χ4n) is 4.62.